The third-order valence-electron chi connectivity index (χ3n) is 10.7. The fourth-order valence-corrected chi connectivity index (χ4v) is 7.27. The molecule has 2 fully saturated rings. The summed E-state index contributed by atoms with van der Waals surface area (Å²) in [7, 11) is 2.28. The highest BCUT2D eigenvalue weighted by atomic mass is 16.5. The molecule has 7 amide bonds. The van der Waals surface area contributed by atoms with E-state index in [2.05, 4.69) is 36.9 Å². The van der Waals surface area contributed by atoms with Gasteiger partial charge in [-0.15, -0.1) is 0 Å². The Balaban J connectivity index is 1.39. The number of para-hydroxylation sites is 1. The second kappa shape index (κ2) is 22.2. The van der Waals surface area contributed by atoms with Gasteiger partial charge >= 0.3 is 0 Å². The summed E-state index contributed by atoms with van der Waals surface area (Å²) < 4.78 is 5.22. The van der Waals surface area contributed by atoms with E-state index in [9.17, 15) is 59.1 Å². The molecule has 3 heterocycles. The quantitative estimate of drug-likeness (QED) is 0.0934. The molecule has 2 aliphatic heterocycles. The van der Waals surface area contributed by atoms with Crippen LogP contribution in [-0.2, 0) is 44.7 Å². The predicted octanol–water partition coefficient (Wildman–Crippen LogP) is -3.41. The van der Waals surface area contributed by atoms with Crippen molar-refractivity contribution in [3.8, 4) is 0 Å². The molecule has 9 atom stereocenters. The number of aromatic amines is 1. The summed E-state index contributed by atoms with van der Waals surface area (Å²) in [4.78, 5) is 97.2. The van der Waals surface area contributed by atoms with Crippen molar-refractivity contribution in [1.29, 1.82) is 0 Å². The minimum Gasteiger partial charge on any atom is -0.391 e. The van der Waals surface area contributed by atoms with Crippen LogP contribution in [-0.4, -0.2) is 165 Å². The van der Waals surface area contributed by atoms with Crippen LogP contribution in [0.1, 0.15) is 30.4 Å². The summed E-state index contributed by atoms with van der Waals surface area (Å²) in [5, 5.41) is 70.8. The number of carbonyl (C=O) groups is 7. The van der Waals surface area contributed by atoms with E-state index >= 15 is 0 Å². The minimum absolute atomic E-state index is 0.0539. The van der Waals surface area contributed by atoms with Gasteiger partial charge in [-0.05, 0) is 23.6 Å². The molecule has 3 aromatic rings. The fourth-order valence-electron chi connectivity index (χ4n) is 7.27. The van der Waals surface area contributed by atoms with Crippen LogP contribution >= 0.6 is 0 Å². The third kappa shape index (κ3) is 12.8. The number of aliphatic hydroxyl groups is 5. The maximum absolute atomic E-state index is 13.7. The number of aliphatic hydroxyl groups excluding tert-OH is 4. The molecule has 0 radical (unpaired) electrons. The van der Waals surface area contributed by atoms with Crippen LogP contribution in [0, 0.1) is 0 Å². The molecule has 21 heteroatoms. The Labute approximate surface area is 367 Å². The Hall–Kier alpha value is -6.49. The number of ether oxygens (including phenoxy) is 1. The first-order valence-corrected chi connectivity index (χ1v) is 20.4. The Morgan fingerprint density at radius 3 is 2.31 bits per heavy atom. The number of allylic oxidation sites excluding steroid dienone is 2. The van der Waals surface area contributed by atoms with Gasteiger partial charge < -0.3 is 72.1 Å². The lowest BCUT2D eigenvalue weighted by molar-refractivity contribution is -0.146. The predicted molar refractivity (Wildman–Crippen MR) is 228 cm³/mol. The number of H-pyrrole nitrogens is 1. The smallest absolute Gasteiger partial charge is 0.253 e. The van der Waals surface area contributed by atoms with Gasteiger partial charge in [-0.2, -0.15) is 0 Å². The highest BCUT2D eigenvalue weighted by Crippen LogP contribution is 2.26. The summed E-state index contributed by atoms with van der Waals surface area (Å²) >= 11 is 0. The third-order valence-corrected chi connectivity index (χ3v) is 10.7. The maximum atomic E-state index is 13.7. The topological polar surface area (TPSA) is 321 Å². The van der Waals surface area contributed by atoms with Crippen molar-refractivity contribution >= 4 is 58.3 Å². The van der Waals surface area contributed by atoms with Crippen LogP contribution in [0.2, 0.25) is 0 Å². The standard InChI is InChI=1S/C43H54N8O13/c1-51-23-33(56)47-29(17-25-20-44-28-15-10-9-14-27(25)28)40(60)46-22-32(55)45-21-26(52)18-31(54)48-35(36(58)30(53)16-8-4-7-13-24-11-5-3-6-12-24)37(59)41(61)49-39-38(64-2)42(62)50-43(39,63)19-34(51)57/h3-15,20,26,29-30,35-39,44,52-53,58-59,63H,16-19,21-23H2,1-2H3,(H,45,55)(H,46,60)(H,47,56)(H,48,54)(H,49,61)(H,50,62)/b8-4+,13-7+/t26-,29-,30+,35?,36-,37+,38?,39-,43-/m1/s1. The number of fused-ring (bicyclic) bond motifs is 2. The van der Waals surface area contributed by atoms with Gasteiger partial charge in [0, 0.05) is 44.2 Å². The first kappa shape index (κ1) is 48.5. The monoisotopic (exact) mass is 890 g/mol. The lowest BCUT2D eigenvalue weighted by Gasteiger charge is -2.34. The van der Waals surface area contributed by atoms with E-state index < -0.39 is 128 Å². The molecule has 21 nitrogen and oxygen atoms in total. The van der Waals surface area contributed by atoms with E-state index in [4.69, 9.17) is 4.74 Å². The maximum Gasteiger partial charge on any atom is 0.253 e. The summed E-state index contributed by atoms with van der Waals surface area (Å²) in [5.74, 6) is -6.74. The number of carbonyl (C=O) groups excluding carboxylic acids is 7. The van der Waals surface area contributed by atoms with Crippen LogP contribution in [0.4, 0.5) is 0 Å². The van der Waals surface area contributed by atoms with Crippen LogP contribution in [0.15, 0.2) is 79.0 Å². The molecule has 344 valence electrons. The van der Waals surface area contributed by atoms with Crippen molar-refractivity contribution in [2.24, 2.45) is 0 Å². The summed E-state index contributed by atoms with van der Waals surface area (Å²) in [6.07, 6.45) is -3.25. The summed E-state index contributed by atoms with van der Waals surface area (Å²) in [6.45, 7) is -1.80. The Morgan fingerprint density at radius 2 is 1.58 bits per heavy atom. The Kier molecular flexibility index (Phi) is 16.9. The van der Waals surface area contributed by atoms with E-state index in [1.165, 1.54) is 13.1 Å². The molecule has 5 rings (SSSR count). The molecule has 64 heavy (non-hydrogen) atoms. The Morgan fingerprint density at radius 1 is 0.859 bits per heavy atom. The first-order chi connectivity index (χ1) is 30.5. The molecule has 2 aromatic carbocycles. The molecule has 2 aliphatic rings. The molecule has 2 unspecified atom stereocenters. The first-order valence-electron chi connectivity index (χ1n) is 20.4. The lowest BCUT2D eigenvalue weighted by atomic mass is 9.95. The van der Waals surface area contributed by atoms with Crippen LogP contribution in [0.25, 0.3) is 17.0 Å². The van der Waals surface area contributed by atoms with Gasteiger partial charge in [0.2, 0.25) is 29.5 Å². The molecule has 1 aromatic heterocycles. The highest BCUT2D eigenvalue weighted by Gasteiger charge is 2.55. The SMILES string of the molecule is COC1C(=O)N[C@@]2(O)CC(=O)N(C)CC(=O)N[C@H](Cc3c[nH]c4ccccc34)C(=O)NCC(=O)NC[C@H](O)CC(=O)NC([C@H](O)[C@@H](O)C/C=C/C=C/c3ccccc3)[C@H](O)C(=O)N[C@H]12. The number of β-amino-alcohol motifs (C(OH)–C–C–N with tert-alkyl or cyclic N) is 1. The zero-order chi connectivity index (χ0) is 46.6. The highest BCUT2D eigenvalue weighted by molar-refractivity contribution is 5.94. The van der Waals surface area contributed by atoms with Crippen molar-refractivity contribution in [3.05, 3.63) is 90.1 Å². The molecule has 0 saturated carbocycles. The largest absolute Gasteiger partial charge is 0.391 e. The van der Waals surface area contributed by atoms with Gasteiger partial charge in [0.05, 0.1) is 44.2 Å². The zero-order valence-electron chi connectivity index (χ0n) is 35.1. The lowest BCUT2D eigenvalue weighted by Crippen LogP contribution is -2.64. The van der Waals surface area contributed by atoms with Gasteiger partial charge in [0.25, 0.3) is 11.8 Å². The molecule has 0 aliphatic carbocycles. The molecule has 12 N–H and O–H groups in total. The van der Waals surface area contributed by atoms with E-state index in [0.29, 0.717) is 5.56 Å². The number of amides is 7. The molecular formula is C43H54N8O13. The number of nitrogens with one attached hydrogen (secondary N) is 7. The van der Waals surface area contributed by atoms with E-state index in [1.54, 1.807) is 42.6 Å². The van der Waals surface area contributed by atoms with Crippen molar-refractivity contribution in [3.63, 3.8) is 0 Å². The van der Waals surface area contributed by atoms with Crippen LogP contribution in [0.3, 0.4) is 0 Å². The van der Waals surface area contributed by atoms with Crippen molar-refractivity contribution in [1.82, 2.24) is 41.8 Å². The summed E-state index contributed by atoms with van der Waals surface area (Å²) in [6, 6.07) is 11.4. The number of methoxy groups -OCH3 is 1. The number of rotatable bonds is 9. The Bertz CT molecular complexity index is 2220. The van der Waals surface area contributed by atoms with E-state index in [-0.39, 0.29) is 12.8 Å². The summed E-state index contributed by atoms with van der Waals surface area (Å²) in [5.41, 5.74) is -0.311. The van der Waals surface area contributed by atoms with Crippen molar-refractivity contribution < 1.29 is 63.8 Å². The van der Waals surface area contributed by atoms with Crippen molar-refractivity contribution in [2.45, 2.75) is 80.1 Å². The normalized spacial score (nSPS) is 27.3. The van der Waals surface area contributed by atoms with Gasteiger partial charge in [-0.25, -0.2) is 0 Å². The number of hydrogen-bond donors (Lipinski definition) is 12. The average Bonchev–Trinajstić information content (AvgIpc) is 3.78. The van der Waals surface area contributed by atoms with E-state index in [1.807, 2.05) is 36.4 Å². The number of nitrogens with zero attached hydrogens (tertiary/aromatic N) is 1. The molecule has 0 bridgehead atoms. The van der Waals surface area contributed by atoms with Crippen molar-refractivity contribution in [2.75, 3.05) is 33.8 Å². The van der Waals surface area contributed by atoms with E-state index in [0.717, 1.165) is 28.5 Å². The number of likely N-dealkylation sites (N-methyl/N-ethyl adjacent to an activating group) is 1. The molecule has 0 spiro atoms. The zero-order valence-corrected chi connectivity index (χ0v) is 35.1. The fraction of sp³-hybridized carbons (Fsp3) is 0.419. The van der Waals surface area contributed by atoms with Gasteiger partial charge in [-0.1, -0.05) is 72.8 Å². The number of benzene rings is 2. The van der Waals surface area contributed by atoms with Crippen LogP contribution in [0.5, 0.6) is 0 Å². The second-order valence-corrected chi connectivity index (χ2v) is 15.6. The van der Waals surface area contributed by atoms with Gasteiger partial charge in [0.15, 0.2) is 17.9 Å². The number of hydrogen-bond acceptors (Lipinski definition) is 13. The second-order valence-electron chi connectivity index (χ2n) is 15.6. The molecule has 2 saturated heterocycles. The molecular weight excluding hydrogens is 837 g/mol. The van der Waals surface area contributed by atoms with Gasteiger partial charge in [-0.3, -0.25) is 33.6 Å². The minimum atomic E-state index is -2.60. The average molecular weight is 891 g/mol. The van der Waals surface area contributed by atoms with Gasteiger partial charge in [0.1, 0.15) is 18.2 Å². The van der Waals surface area contributed by atoms with Crippen LogP contribution < -0.4 is 31.9 Å². The number of aromatic nitrogens is 1.